The Bertz CT molecular complexity index is 1560. The lowest BCUT2D eigenvalue weighted by Crippen LogP contribution is -2.59. The number of hydrogen-bond acceptors (Lipinski definition) is 14. The highest BCUT2D eigenvalue weighted by Crippen LogP contribution is 2.22. The summed E-state index contributed by atoms with van der Waals surface area (Å²) in [6, 6.07) is -8.48. The van der Waals surface area contributed by atoms with Crippen molar-refractivity contribution in [3.63, 3.8) is 0 Å². The number of carbonyl (C=O) groups is 8. The highest BCUT2D eigenvalue weighted by Gasteiger charge is 2.31. The van der Waals surface area contributed by atoms with Gasteiger partial charge >= 0.3 is 5.97 Å². The van der Waals surface area contributed by atoms with Crippen molar-refractivity contribution in [2.24, 2.45) is 60.8 Å². The number of nitrogens with zero attached hydrogens (tertiary/aromatic N) is 3. The van der Waals surface area contributed by atoms with Crippen molar-refractivity contribution < 1.29 is 43.5 Å². The SMILES string of the molecule is CC(=O)N[C@H](CSSC[C@H](N)C(=O)O)C(=O)N[C@H](C)C(=O)N[C@H](CCCN=C(N)N)C(=O)N[C@H](CCCN=C(N)N)C(=O)N[C@H](C)C(=O)N[C@H](CCCN=C(N)N)C(N)=O. The van der Waals surface area contributed by atoms with Crippen molar-refractivity contribution in [2.45, 2.75) is 102 Å². The van der Waals surface area contributed by atoms with Crippen LogP contribution in [0, 0.1) is 0 Å². The molecule has 0 aromatic rings. The van der Waals surface area contributed by atoms with Crippen LogP contribution < -0.4 is 77.8 Å². The first kappa shape index (κ1) is 54.2. The maximum Gasteiger partial charge on any atom is 0.321 e. The van der Waals surface area contributed by atoms with Crippen molar-refractivity contribution in [3.8, 4) is 0 Å². The first-order valence-corrected chi connectivity index (χ1v) is 21.0. The highest BCUT2D eigenvalue weighted by molar-refractivity contribution is 8.76. The molecule has 0 aliphatic heterocycles. The van der Waals surface area contributed by atoms with Gasteiger partial charge in [0, 0.05) is 38.1 Å². The summed E-state index contributed by atoms with van der Waals surface area (Å²) in [6.07, 6.45) is 0.665. The van der Waals surface area contributed by atoms with Gasteiger partial charge in [-0.25, -0.2) is 0 Å². The zero-order valence-corrected chi connectivity index (χ0v) is 35.4. The fourth-order valence-electron chi connectivity index (χ4n) is 4.70. The summed E-state index contributed by atoms with van der Waals surface area (Å²) in [5.74, 6) is -7.11. The van der Waals surface area contributed by atoms with Crippen LogP contribution in [0.15, 0.2) is 15.0 Å². The van der Waals surface area contributed by atoms with E-state index in [9.17, 15) is 38.4 Å². The molecule has 0 rings (SSSR count). The molecule has 23 N–H and O–H groups in total. The molecular weight excluding hydrogens is 831 g/mol. The molecule has 0 bridgehead atoms. The molecule has 7 atom stereocenters. The number of aliphatic imine (C=N–C) groups is 3. The van der Waals surface area contributed by atoms with Crippen LogP contribution in [0.25, 0.3) is 0 Å². The second kappa shape index (κ2) is 29.4. The normalized spacial score (nSPS) is 14.1. The van der Waals surface area contributed by atoms with Gasteiger partial charge in [0.15, 0.2) is 17.9 Å². The Labute approximate surface area is 354 Å². The molecule has 0 fully saturated rings. The van der Waals surface area contributed by atoms with Crippen LogP contribution in [0.4, 0.5) is 0 Å². The third-order valence-electron chi connectivity index (χ3n) is 7.84. The minimum absolute atomic E-state index is 0.00802. The fraction of sp³-hybridized carbons (Fsp3) is 0.656. The van der Waals surface area contributed by atoms with E-state index >= 15 is 0 Å². The average molecular weight is 892 g/mol. The van der Waals surface area contributed by atoms with Crippen LogP contribution in [0.1, 0.15) is 59.3 Å². The monoisotopic (exact) mass is 891 g/mol. The zero-order chi connectivity index (χ0) is 45.9. The number of carboxylic acid groups (broad SMARTS) is 1. The van der Waals surface area contributed by atoms with Gasteiger partial charge in [-0.05, 0) is 52.4 Å². The number of amides is 7. The molecule has 0 aliphatic carbocycles. The number of rotatable bonds is 30. The van der Waals surface area contributed by atoms with E-state index in [1.807, 2.05) is 0 Å². The number of nitrogens with one attached hydrogen (secondary N) is 6. The van der Waals surface area contributed by atoms with Crippen LogP contribution in [-0.4, -0.2) is 144 Å². The molecule has 0 spiro atoms. The summed E-state index contributed by atoms with van der Waals surface area (Å²) in [5, 5.41) is 24.0. The van der Waals surface area contributed by atoms with E-state index in [-0.39, 0.29) is 81.1 Å². The van der Waals surface area contributed by atoms with Gasteiger partial charge in [-0.2, -0.15) is 0 Å². The van der Waals surface area contributed by atoms with Crippen molar-refractivity contribution in [1.29, 1.82) is 0 Å². The van der Waals surface area contributed by atoms with Crippen LogP contribution in [0.2, 0.25) is 0 Å². The van der Waals surface area contributed by atoms with E-state index in [4.69, 9.17) is 51.0 Å². The van der Waals surface area contributed by atoms with Crippen molar-refractivity contribution >= 4 is 86.8 Å². The molecular formula is C32H61N17O9S2. The lowest BCUT2D eigenvalue weighted by Gasteiger charge is -2.26. The van der Waals surface area contributed by atoms with Crippen LogP contribution in [0.3, 0.4) is 0 Å². The van der Waals surface area contributed by atoms with Gasteiger partial charge in [0.1, 0.15) is 42.3 Å². The maximum atomic E-state index is 13.8. The van der Waals surface area contributed by atoms with Gasteiger partial charge in [-0.1, -0.05) is 21.6 Å². The van der Waals surface area contributed by atoms with Crippen molar-refractivity contribution in [1.82, 2.24) is 31.9 Å². The summed E-state index contributed by atoms with van der Waals surface area (Å²) in [4.78, 5) is 113. The topological polar surface area (TPSA) is 474 Å². The van der Waals surface area contributed by atoms with Gasteiger partial charge < -0.3 is 82.9 Å². The third kappa shape index (κ3) is 24.9. The Balaban J connectivity index is 6.07. The number of carboxylic acids is 1. The maximum absolute atomic E-state index is 13.8. The molecule has 28 heteroatoms. The molecule has 0 aromatic carbocycles. The van der Waals surface area contributed by atoms with E-state index in [1.54, 1.807) is 0 Å². The number of primary amides is 1. The Morgan fingerprint density at radius 1 is 0.517 bits per heavy atom. The summed E-state index contributed by atoms with van der Waals surface area (Å²) in [7, 11) is 2.16. The number of nitrogens with two attached hydrogens (primary N) is 8. The number of guanidine groups is 3. The Morgan fingerprint density at radius 3 is 1.25 bits per heavy atom. The molecule has 60 heavy (non-hydrogen) atoms. The standard InChI is InChI=1S/C32H61N17O9S2/c1-15(24(52)47-19(23(34)51)7-4-10-41-30(35)36)44-26(54)20(8-5-11-42-31(37)38)49-27(55)21(9-6-12-43-32(39)40)48-25(53)16(2)45-28(56)22(46-17(3)50)14-60-59-13-18(33)29(57)58/h15-16,18-22H,4-14,33H2,1-3H3,(H2,34,51)(H,44,54)(H,45,56)(H,46,50)(H,47,52)(H,48,53)(H,49,55)(H,57,58)(H4,35,36,41)(H4,37,38,42)(H4,39,40,43)/t15-,16-,18+,19-,20-,21-,22-/m1/s1. The Morgan fingerprint density at radius 2 is 0.867 bits per heavy atom. The second-order valence-corrected chi connectivity index (χ2v) is 15.7. The highest BCUT2D eigenvalue weighted by atomic mass is 33.1. The van der Waals surface area contributed by atoms with Crippen molar-refractivity contribution in [2.75, 3.05) is 31.1 Å². The van der Waals surface area contributed by atoms with E-state index < -0.39 is 89.6 Å². The minimum Gasteiger partial charge on any atom is -0.480 e. The van der Waals surface area contributed by atoms with Crippen LogP contribution in [0.5, 0.6) is 0 Å². The van der Waals surface area contributed by atoms with E-state index in [0.717, 1.165) is 21.6 Å². The minimum atomic E-state index is -1.31. The summed E-state index contributed by atoms with van der Waals surface area (Å²) < 4.78 is 0. The van der Waals surface area contributed by atoms with Crippen LogP contribution in [-0.2, 0) is 38.4 Å². The molecule has 7 amide bonds. The quantitative estimate of drug-likeness (QED) is 0.0138. The van der Waals surface area contributed by atoms with E-state index in [1.165, 1.54) is 20.8 Å². The van der Waals surface area contributed by atoms with Gasteiger partial charge in [0.2, 0.25) is 41.4 Å². The summed E-state index contributed by atoms with van der Waals surface area (Å²) >= 11 is 0. The van der Waals surface area contributed by atoms with E-state index in [0.29, 0.717) is 6.42 Å². The Hall–Kier alpha value is -5.77. The van der Waals surface area contributed by atoms with Gasteiger partial charge in [-0.3, -0.25) is 53.3 Å². The molecule has 0 radical (unpaired) electrons. The largest absolute Gasteiger partial charge is 0.480 e. The molecule has 0 heterocycles. The lowest BCUT2D eigenvalue weighted by atomic mass is 10.1. The molecule has 0 aromatic heterocycles. The first-order valence-electron chi connectivity index (χ1n) is 18.5. The molecule has 340 valence electrons. The number of hydrogen-bond donors (Lipinski definition) is 15. The summed E-state index contributed by atoms with van der Waals surface area (Å²) in [6.45, 7) is 4.17. The smallest absolute Gasteiger partial charge is 0.321 e. The molecule has 0 aliphatic rings. The molecule has 26 nitrogen and oxygen atoms in total. The predicted octanol–water partition coefficient (Wildman–Crippen LogP) is -6.61. The van der Waals surface area contributed by atoms with Gasteiger partial charge in [0.25, 0.3) is 0 Å². The molecule has 0 saturated heterocycles. The third-order valence-corrected chi connectivity index (χ3v) is 10.3. The van der Waals surface area contributed by atoms with Crippen LogP contribution >= 0.6 is 21.6 Å². The van der Waals surface area contributed by atoms with Gasteiger partial charge in [-0.15, -0.1) is 0 Å². The fourth-order valence-corrected chi connectivity index (χ4v) is 6.97. The second-order valence-electron chi connectivity index (χ2n) is 13.2. The molecule has 0 saturated carbocycles. The number of aliphatic carboxylic acids is 1. The Kier molecular flexibility index (Phi) is 26.6. The number of carbonyl (C=O) groups excluding carboxylic acids is 7. The van der Waals surface area contributed by atoms with E-state index in [2.05, 4.69) is 46.9 Å². The summed E-state index contributed by atoms with van der Waals surface area (Å²) in [5.41, 5.74) is 43.2. The van der Waals surface area contributed by atoms with Crippen molar-refractivity contribution in [3.05, 3.63) is 0 Å². The first-order chi connectivity index (χ1) is 28.0. The lowest BCUT2D eigenvalue weighted by molar-refractivity contribution is -0.138. The molecule has 0 unspecified atom stereocenters. The predicted molar refractivity (Wildman–Crippen MR) is 228 cm³/mol. The zero-order valence-electron chi connectivity index (χ0n) is 33.8. The average Bonchev–Trinajstić information content (AvgIpc) is 3.15. The van der Waals surface area contributed by atoms with Gasteiger partial charge in [0.05, 0.1) is 0 Å².